The fourth-order valence-corrected chi connectivity index (χ4v) is 1.94. The van der Waals surface area contributed by atoms with Gasteiger partial charge in [0.05, 0.1) is 12.7 Å². The molecule has 114 valence electrons. The molecule has 0 aromatic carbocycles. The van der Waals surface area contributed by atoms with E-state index in [4.69, 9.17) is 14.2 Å². The summed E-state index contributed by atoms with van der Waals surface area (Å²) in [6.07, 6.45) is -1.52. The average Bonchev–Trinajstić information content (AvgIpc) is 2.18. The molecule has 0 fully saturated rings. The molecule has 0 aromatic heterocycles. The predicted octanol–water partition coefficient (Wildman–Crippen LogP) is -2.90. The number of hydrogen-bond donors (Lipinski definition) is 5. The first-order valence-electron chi connectivity index (χ1n) is 4.62. The van der Waals surface area contributed by atoms with Crippen LogP contribution in [0.1, 0.15) is 0 Å². The van der Waals surface area contributed by atoms with E-state index in [9.17, 15) is 26.7 Å². The molecule has 0 heterocycles. The van der Waals surface area contributed by atoms with Gasteiger partial charge in [-0.15, -0.1) is 0 Å². The lowest BCUT2D eigenvalue weighted by Gasteiger charge is -2.15. The highest BCUT2D eigenvalue weighted by atomic mass is 32.3. The number of carbonyl (C=O) groups is 1. The Labute approximate surface area is 108 Å². The minimum atomic E-state index is -4.74. The van der Waals surface area contributed by atoms with Crippen LogP contribution < -0.4 is 5.32 Å². The molecule has 1 unspecified atom stereocenters. The standard InChI is InChI=1S/C6H13NO10S2/c8-4(2-17-19(14,15)16)1-7-5(6(9)10)3-18(11,12)13/h4-5,7-8H,1-3H2,(H,9,10)(H,11,12,13)(H,14,15,16)/t4?,5-/m0/s1. The van der Waals surface area contributed by atoms with E-state index in [-0.39, 0.29) is 0 Å². The Kier molecular flexibility index (Phi) is 6.78. The third kappa shape index (κ3) is 10.8. The lowest BCUT2D eigenvalue weighted by atomic mass is 10.3. The van der Waals surface area contributed by atoms with Crippen molar-refractivity contribution in [2.45, 2.75) is 12.1 Å². The van der Waals surface area contributed by atoms with Crippen molar-refractivity contribution in [1.29, 1.82) is 0 Å². The van der Waals surface area contributed by atoms with E-state index in [2.05, 4.69) is 9.50 Å². The van der Waals surface area contributed by atoms with Crippen LogP contribution in [-0.4, -0.2) is 73.2 Å². The number of hydrogen-bond acceptors (Lipinski definition) is 8. The lowest BCUT2D eigenvalue weighted by Crippen LogP contribution is -2.46. The summed E-state index contributed by atoms with van der Waals surface area (Å²) in [5.41, 5.74) is 0. The molecule has 5 N–H and O–H groups in total. The second-order valence-electron chi connectivity index (χ2n) is 3.41. The van der Waals surface area contributed by atoms with Gasteiger partial charge in [-0.3, -0.25) is 13.9 Å². The van der Waals surface area contributed by atoms with E-state index in [0.29, 0.717) is 0 Å². The van der Waals surface area contributed by atoms with Gasteiger partial charge in [-0.25, -0.2) is 4.18 Å². The van der Waals surface area contributed by atoms with E-state index in [0.717, 1.165) is 0 Å². The van der Waals surface area contributed by atoms with Crippen molar-refractivity contribution in [3.05, 3.63) is 0 Å². The highest BCUT2D eigenvalue weighted by Crippen LogP contribution is 1.94. The van der Waals surface area contributed by atoms with Crippen LogP contribution in [-0.2, 0) is 29.5 Å². The normalized spacial score (nSPS) is 15.9. The summed E-state index contributed by atoms with van der Waals surface area (Å²) in [5.74, 6) is -2.73. The quantitative estimate of drug-likeness (QED) is 0.274. The second-order valence-corrected chi connectivity index (χ2v) is 6.00. The van der Waals surface area contributed by atoms with Crippen LogP contribution in [0.25, 0.3) is 0 Å². The van der Waals surface area contributed by atoms with E-state index in [1.165, 1.54) is 0 Å². The molecule has 0 aromatic rings. The SMILES string of the molecule is O=C(O)[C@H](CS(=O)(=O)O)NCC(O)COS(=O)(=O)O. The molecule has 19 heavy (non-hydrogen) atoms. The monoisotopic (exact) mass is 323 g/mol. The van der Waals surface area contributed by atoms with E-state index < -0.39 is 57.5 Å². The van der Waals surface area contributed by atoms with E-state index in [1.54, 1.807) is 0 Å². The van der Waals surface area contributed by atoms with Gasteiger partial charge >= 0.3 is 16.4 Å². The third-order valence-electron chi connectivity index (χ3n) is 1.68. The fraction of sp³-hybridized carbons (Fsp3) is 0.833. The number of aliphatic hydroxyl groups is 1. The van der Waals surface area contributed by atoms with Gasteiger partial charge in [0.25, 0.3) is 10.1 Å². The Balaban J connectivity index is 4.30. The second kappa shape index (κ2) is 7.09. The summed E-state index contributed by atoms with van der Waals surface area (Å²) in [4.78, 5) is 10.6. The Morgan fingerprint density at radius 1 is 1.21 bits per heavy atom. The number of aliphatic carboxylic acids is 1. The summed E-state index contributed by atoms with van der Waals surface area (Å²) >= 11 is 0. The zero-order valence-corrected chi connectivity index (χ0v) is 11.0. The molecular formula is C6H13NO10S2. The topological polar surface area (TPSA) is 188 Å². The van der Waals surface area contributed by atoms with Crippen LogP contribution in [0.3, 0.4) is 0 Å². The summed E-state index contributed by atoms with van der Waals surface area (Å²) in [7, 11) is -9.29. The van der Waals surface area contributed by atoms with Gasteiger partial charge in [0.1, 0.15) is 11.8 Å². The molecule has 0 spiro atoms. The third-order valence-corrected chi connectivity index (χ3v) is 2.87. The first-order valence-corrected chi connectivity index (χ1v) is 7.59. The van der Waals surface area contributed by atoms with Crippen molar-refractivity contribution in [3.63, 3.8) is 0 Å². The van der Waals surface area contributed by atoms with Crippen molar-refractivity contribution < 1.29 is 45.1 Å². The number of carboxylic acid groups (broad SMARTS) is 1. The fourth-order valence-electron chi connectivity index (χ4n) is 0.930. The molecule has 0 aliphatic carbocycles. The molecule has 0 rings (SSSR count). The van der Waals surface area contributed by atoms with Gasteiger partial charge in [0.15, 0.2) is 0 Å². The van der Waals surface area contributed by atoms with Crippen molar-refractivity contribution in [2.24, 2.45) is 0 Å². The molecular weight excluding hydrogens is 310 g/mol. The van der Waals surface area contributed by atoms with Crippen molar-refractivity contribution in [2.75, 3.05) is 18.9 Å². The Bertz CT molecular complexity index is 496. The number of carboxylic acids is 1. The molecule has 0 aliphatic heterocycles. The summed E-state index contributed by atoms with van der Waals surface area (Å²) in [6.45, 7) is -1.40. The van der Waals surface area contributed by atoms with Gasteiger partial charge in [-0.05, 0) is 0 Å². The predicted molar refractivity (Wildman–Crippen MR) is 59.3 cm³/mol. The molecule has 0 amide bonds. The first kappa shape index (κ1) is 18.2. The van der Waals surface area contributed by atoms with Crippen LogP contribution >= 0.6 is 0 Å². The maximum Gasteiger partial charge on any atom is 0.397 e. The maximum absolute atomic E-state index is 10.6. The Morgan fingerprint density at radius 2 is 1.74 bits per heavy atom. The van der Waals surface area contributed by atoms with Gasteiger partial charge in [-0.2, -0.15) is 16.8 Å². The Hall–Kier alpha value is -0.830. The molecule has 0 aliphatic rings. The molecule has 11 nitrogen and oxygen atoms in total. The lowest BCUT2D eigenvalue weighted by molar-refractivity contribution is -0.139. The smallest absolute Gasteiger partial charge is 0.397 e. The average molecular weight is 323 g/mol. The van der Waals surface area contributed by atoms with Crippen LogP contribution in [0.2, 0.25) is 0 Å². The van der Waals surface area contributed by atoms with E-state index >= 15 is 0 Å². The molecule has 2 atom stereocenters. The zero-order valence-electron chi connectivity index (χ0n) is 9.33. The summed E-state index contributed by atoms with van der Waals surface area (Å²) in [5, 5.41) is 19.9. The highest BCUT2D eigenvalue weighted by Gasteiger charge is 2.24. The zero-order chi connectivity index (χ0) is 15.3. The summed E-state index contributed by atoms with van der Waals surface area (Å²) in [6, 6.07) is -1.70. The summed E-state index contributed by atoms with van der Waals surface area (Å²) < 4.78 is 61.8. The van der Waals surface area contributed by atoms with Gasteiger partial charge in [0.2, 0.25) is 0 Å². The van der Waals surface area contributed by atoms with E-state index in [1.807, 2.05) is 0 Å². The molecule has 0 saturated carbocycles. The maximum atomic E-state index is 10.6. The molecule has 13 heteroatoms. The highest BCUT2D eigenvalue weighted by molar-refractivity contribution is 7.85. The number of nitrogens with one attached hydrogen (secondary N) is 1. The first-order chi connectivity index (χ1) is 8.41. The number of aliphatic hydroxyl groups excluding tert-OH is 1. The van der Waals surface area contributed by atoms with Crippen LogP contribution in [0.4, 0.5) is 0 Å². The molecule has 0 radical (unpaired) electrons. The van der Waals surface area contributed by atoms with Gasteiger partial charge < -0.3 is 15.5 Å². The van der Waals surface area contributed by atoms with Crippen LogP contribution in [0.5, 0.6) is 0 Å². The Morgan fingerprint density at radius 3 is 2.11 bits per heavy atom. The van der Waals surface area contributed by atoms with Crippen LogP contribution in [0.15, 0.2) is 0 Å². The minimum Gasteiger partial charge on any atom is -0.480 e. The largest absolute Gasteiger partial charge is 0.480 e. The van der Waals surface area contributed by atoms with Crippen LogP contribution in [0, 0.1) is 0 Å². The van der Waals surface area contributed by atoms with Gasteiger partial charge in [-0.1, -0.05) is 0 Å². The number of rotatable bonds is 9. The minimum absolute atomic E-state index is 0.540. The van der Waals surface area contributed by atoms with Gasteiger partial charge in [0, 0.05) is 6.54 Å². The van der Waals surface area contributed by atoms with Crippen molar-refractivity contribution >= 4 is 26.5 Å². The molecule has 0 bridgehead atoms. The van der Waals surface area contributed by atoms with Crippen molar-refractivity contribution in [3.8, 4) is 0 Å². The van der Waals surface area contributed by atoms with Crippen molar-refractivity contribution in [1.82, 2.24) is 5.32 Å². The molecule has 0 saturated heterocycles.